The van der Waals surface area contributed by atoms with Gasteiger partial charge >= 0.3 is 0 Å². The van der Waals surface area contributed by atoms with Crippen molar-refractivity contribution in [3.05, 3.63) is 57.2 Å². The summed E-state index contributed by atoms with van der Waals surface area (Å²) in [4.78, 5) is 12.2. The number of amides is 1. The molecule has 0 aliphatic heterocycles. The number of phenolic OH excluding ortho intramolecular Hbond substituents is 1. The Morgan fingerprint density at radius 2 is 1.92 bits per heavy atom. The number of thiocarbonyl (C=S) groups is 1. The molecule has 1 amide bonds. The number of carbonyl (C=O) groups excluding carboxylic acids is 1. The molecule has 2 aromatic carbocycles. The molecule has 0 saturated heterocycles. The third-order valence-electron chi connectivity index (χ3n) is 3.78. The number of anilines is 1. The lowest BCUT2D eigenvalue weighted by molar-refractivity contribution is 0.0977. The number of hydrogen-bond donors (Lipinski definition) is 3. The lowest BCUT2D eigenvalue weighted by Crippen LogP contribution is -2.34. The van der Waals surface area contributed by atoms with E-state index in [4.69, 9.17) is 12.2 Å². The second-order valence-electron chi connectivity index (χ2n) is 5.50. The average Bonchev–Trinajstić information content (AvgIpc) is 2.56. The van der Waals surface area contributed by atoms with E-state index in [0.29, 0.717) is 17.2 Å². The third-order valence-corrected chi connectivity index (χ3v) is 4.71. The first-order valence-electron chi connectivity index (χ1n) is 7.61. The van der Waals surface area contributed by atoms with Crippen LogP contribution in [0.5, 0.6) is 5.75 Å². The van der Waals surface area contributed by atoms with Crippen molar-refractivity contribution >= 4 is 51.5 Å². The number of hydrogen-bond acceptors (Lipinski definition) is 3. The monoisotopic (exact) mass is 454 g/mol. The minimum atomic E-state index is -0.290. The van der Waals surface area contributed by atoms with Crippen molar-refractivity contribution in [3.63, 3.8) is 0 Å². The maximum absolute atomic E-state index is 12.2. The van der Waals surface area contributed by atoms with E-state index in [2.05, 4.69) is 47.1 Å². The number of halogens is 1. The first kappa shape index (κ1) is 18.7. The fourth-order valence-electron chi connectivity index (χ4n) is 2.13. The molecule has 3 N–H and O–H groups in total. The predicted molar refractivity (Wildman–Crippen MR) is 110 cm³/mol. The molecule has 0 bridgehead atoms. The average molecular weight is 454 g/mol. The van der Waals surface area contributed by atoms with E-state index in [-0.39, 0.29) is 16.8 Å². The summed E-state index contributed by atoms with van der Waals surface area (Å²) in [6.45, 7) is 4.23. The maximum atomic E-state index is 12.2. The predicted octanol–water partition coefficient (Wildman–Crippen LogP) is 4.64. The summed E-state index contributed by atoms with van der Waals surface area (Å²) in [5.74, 6) is 0.176. The van der Waals surface area contributed by atoms with Crippen molar-refractivity contribution in [2.75, 3.05) is 5.32 Å². The second-order valence-corrected chi connectivity index (χ2v) is 7.15. The highest BCUT2D eigenvalue weighted by Gasteiger charge is 2.11. The first-order chi connectivity index (χ1) is 11.4. The molecular formula is C18H19IN2O2S. The summed E-state index contributed by atoms with van der Waals surface area (Å²) >= 11 is 7.36. The van der Waals surface area contributed by atoms with E-state index in [1.165, 1.54) is 0 Å². The van der Waals surface area contributed by atoms with E-state index in [0.717, 1.165) is 15.6 Å². The number of aromatic hydroxyl groups is 1. The smallest absolute Gasteiger partial charge is 0.257 e. The van der Waals surface area contributed by atoms with Crippen molar-refractivity contribution in [1.29, 1.82) is 0 Å². The van der Waals surface area contributed by atoms with Crippen LogP contribution in [0.3, 0.4) is 0 Å². The van der Waals surface area contributed by atoms with Crippen molar-refractivity contribution < 1.29 is 9.90 Å². The van der Waals surface area contributed by atoms with Crippen LogP contribution < -0.4 is 10.6 Å². The van der Waals surface area contributed by atoms with Crippen LogP contribution in [0, 0.1) is 3.57 Å². The normalized spacial score (nSPS) is 11.6. The van der Waals surface area contributed by atoms with E-state index < -0.39 is 0 Å². The van der Waals surface area contributed by atoms with Gasteiger partial charge in [0.1, 0.15) is 5.75 Å². The van der Waals surface area contributed by atoms with Crippen molar-refractivity contribution in [2.24, 2.45) is 0 Å². The molecule has 24 heavy (non-hydrogen) atoms. The van der Waals surface area contributed by atoms with Crippen molar-refractivity contribution in [1.82, 2.24) is 5.32 Å². The lowest BCUT2D eigenvalue weighted by atomic mass is 9.98. The summed E-state index contributed by atoms with van der Waals surface area (Å²) in [7, 11) is 0. The molecule has 0 aromatic heterocycles. The van der Waals surface area contributed by atoms with Crippen molar-refractivity contribution in [2.45, 2.75) is 26.2 Å². The molecule has 126 valence electrons. The van der Waals surface area contributed by atoms with Gasteiger partial charge in [0.15, 0.2) is 5.11 Å². The fraction of sp³-hybridized carbons (Fsp3) is 0.222. The molecule has 0 aliphatic carbocycles. The van der Waals surface area contributed by atoms with Gasteiger partial charge < -0.3 is 10.4 Å². The molecule has 1 unspecified atom stereocenters. The van der Waals surface area contributed by atoms with Crippen LogP contribution in [0.25, 0.3) is 0 Å². The molecular weight excluding hydrogens is 435 g/mol. The van der Waals surface area contributed by atoms with Gasteiger partial charge in [-0.2, -0.15) is 0 Å². The number of nitrogens with one attached hydrogen (secondary N) is 2. The summed E-state index contributed by atoms with van der Waals surface area (Å²) in [6, 6.07) is 12.6. The second kappa shape index (κ2) is 8.43. The Hall–Kier alpha value is -1.67. The van der Waals surface area contributed by atoms with Crippen LogP contribution in [0.4, 0.5) is 5.69 Å². The number of phenols is 1. The quantitative estimate of drug-likeness (QED) is 0.358. The van der Waals surface area contributed by atoms with Crippen LogP contribution in [0.1, 0.15) is 42.1 Å². The SMILES string of the molecule is CCC(C)c1ccc(O)c(NC(=S)NC(=O)c2ccc(I)cc2)c1. The molecule has 4 nitrogen and oxygen atoms in total. The Balaban J connectivity index is 2.06. The summed E-state index contributed by atoms with van der Waals surface area (Å²) in [5, 5.41) is 15.6. The van der Waals surface area contributed by atoms with Gasteiger partial charge in [0.25, 0.3) is 5.91 Å². The lowest BCUT2D eigenvalue weighted by Gasteiger charge is -2.14. The minimum Gasteiger partial charge on any atom is -0.506 e. The van der Waals surface area contributed by atoms with Gasteiger partial charge in [-0.3, -0.25) is 10.1 Å². The molecule has 0 saturated carbocycles. The summed E-state index contributed by atoms with van der Waals surface area (Å²) in [6.07, 6.45) is 0.998. The van der Waals surface area contributed by atoms with Gasteiger partial charge in [-0.15, -0.1) is 0 Å². The summed E-state index contributed by atoms with van der Waals surface area (Å²) < 4.78 is 1.05. The van der Waals surface area contributed by atoms with Gasteiger partial charge in [-0.05, 0) is 89.1 Å². The number of benzene rings is 2. The highest BCUT2D eigenvalue weighted by Crippen LogP contribution is 2.29. The Labute approximate surface area is 160 Å². The van der Waals surface area contributed by atoms with Gasteiger partial charge in [0.2, 0.25) is 0 Å². The Morgan fingerprint density at radius 3 is 2.54 bits per heavy atom. The molecule has 0 fully saturated rings. The number of rotatable bonds is 4. The molecule has 2 aromatic rings. The minimum absolute atomic E-state index is 0.0907. The first-order valence-corrected chi connectivity index (χ1v) is 9.10. The molecule has 0 spiro atoms. The highest BCUT2D eigenvalue weighted by atomic mass is 127. The number of carbonyl (C=O) groups is 1. The van der Waals surface area contributed by atoms with Crippen LogP contribution in [0.15, 0.2) is 42.5 Å². The molecule has 6 heteroatoms. The zero-order valence-corrected chi connectivity index (χ0v) is 16.4. The molecule has 1 atom stereocenters. The Bertz CT molecular complexity index is 747. The van der Waals surface area contributed by atoms with Gasteiger partial charge in [0.05, 0.1) is 5.69 Å². The van der Waals surface area contributed by atoms with Crippen LogP contribution in [0.2, 0.25) is 0 Å². The highest BCUT2D eigenvalue weighted by molar-refractivity contribution is 14.1. The molecule has 0 heterocycles. The van der Waals surface area contributed by atoms with Gasteiger partial charge in [0, 0.05) is 9.13 Å². The standard InChI is InChI=1S/C18H19IN2O2S/c1-3-11(2)13-6-9-16(22)15(10-13)20-18(24)21-17(23)12-4-7-14(19)8-5-12/h4-11,22H,3H2,1-2H3,(H2,20,21,23,24). The maximum Gasteiger partial charge on any atom is 0.257 e. The summed E-state index contributed by atoms with van der Waals surface area (Å²) in [5.41, 5.74) is 2.11. The largest absolute Gasteiger partial charge is 0.506 e. The zero-order valence-electron chi connectivity index (χ0n) is 13.5. The Kier molecular flexibility index (Phi) is 6.56. The molecule has 0 aliphatic rings. The van der Waals surface area contributed by atoms with Crippen LogP contribution >= 0.6 is 34.8 Å². The third kappa shape index (κ3) is 4.91. The van der Waals surface area contributed by atoms with E-state index in [1.807, 2.05) is 24.3 Å². The molecule has 2 rings (SSSR count). The van der Waals surface area contributed by atoms with Crippen molar-refractivity contribution in [3.8, 4) is 5.75 Å². The van der Waals surface area contributed by atoms with E-state index in [1.54, 1.807) is 18.2 Å². The van der Waals surface area contributed by atoms with Gasteiger partial charge in [-0.1, -0.05) is 19.9 Å². The topological polar surface area (TPSA) is 61.4 Å². The van der Waals surface area contributed by atoms with E-state index in [9.17, 15) is 9.90 Å². The zero-order chi connectivity index (χ0) is 17.7. The van der Waals surface area contributed by atoms with Gasteiger partial charge in [-0.25, -0.2) is 0 Å². The van der Waals surface area contributed by atoms with Crippen LogP contribution in [-0.4, -0.2) is 16.1 Å². The fourth-order valence-corrected chi connectivity index (χ4v) is 2.69. The van der Waals surface area contributed by atoms with Crippen LogP contribution in [-0.2, 0) is 0 Å². The van der Waals surface area contributed by atoms with E-state index >= 15 is 0 Å². The Morgan fingerprint density at radius 1 is 1.25 bits per heavy atom. The molecule has 0 radical (unpaired) electrons.